The highest BCUT2D eigenvalue weighted by atomic mass is 16.4. The van der Waals surface area contributed by atoms with Crippen LogP contribution in [0.3, 0.4) is 0 Å². The second kappa shape index (κ2) is 2.85. The van der Waals surface area contributed by atoms with Crippen LogP contribution in [0.15, 0.2) is 0 Å². The quantitative estimate of drug-likeness (QED) is 0.589. The van der Waals surface area contributed by atoms with Crippen LogP contribution in [-0.2, 0) is 6.42 Å². The van der Waals surface area contributed by atoms with E-state index in [2.05, 4.69) is 10.2 Å². The van der Waals surface area contributed by atoms with Crippen LogP contribution in [0.2, 0.25) is 0 Å². The molecule has 5 nitrogen and oxygen atoms in total. The molecular weight excluding hydrogens is 172 g/mol. The Morgan fingerprint density at radius 1 is 1.62 bits per heavy atom. The molecule has 1 aromatic rings. The molecule has 1 atom stereocenters. The number of aryl methyl sites for hydroxylation is 1. The van der Waals surface area contributed by atoms with Crippen molar-refractivity contribution in [2.24, 2.45) is 0 Å². The number of aromatic nitrogens is 2. The predicted octanol–water partition coefficient (Wildman–Crippen LogP) is 0.478. The maximum Gasteiger partial charge on any atom is 0.356 e. The fourth-order valence-electron chi connectivity index (χ4n) is 1.72. The molecule has 70 valence electrons. The highest BCUT2D eigenvalue weighted by Crippen LogP contribution is 2.30. The highest BCUT2D eigenvalue weighted by molar-refractivity contribution is 5.87. The zero-order valence-electron chi connectivity index (χ0n) is 6.95. The fourth-order valence-corrected chi connectivity index (χ4v) is 1.72. The van der Waals surface area contributed by atoms with Crippen molar-refractivity contribution in [1.82, 2.24) is 10.2 Å². The Labute approximate surface area is 74.4 Å². The molecule has 1 unspecified atom stereocenters. The van der Waals surface area contributed by atoms with Gasteiger partial charge >= 0.3 is 5.97 Å². The lowest BCUT2D eigenvalue weighted by molar-refractivity contribution is 0.0680. The van der Waals surface area contributed by atoms with Crippen LogP contribution in [0.25, 0.3) is 0 Å². The number of aromatic amines is 1. The van der Waals surface area contributed by atoms with Gasteiger partial charge in [-0.3, -0.25) is 5.10 Å². The van der Waals surface area contributed by atoms with Crippen molar-refractivity contribution in [3.05, 3.63) is 17.0 Å². The summed E-state index contributed by atoms with van der Waals surface area (Å²) in [6.07, 6.45) is 1.59. The van der Waals surface area contributed by atoms with Crippen molar-refractivity contribution in [1.29, 1.82) is 0 Å². The molecule has 1 aliphatic rings. The number of carboxylic acids is 1. The van der Waals surface area contributed by atoms with Crippen molar-refractivity contribution in [3.63, 3.8) is 0 Å². The molecule has 0 fully saturated rings. The summed E-state index contributed by atoms with van der Waals surface area (Å²) in [5.74, 6) is -1.08. The Kier molecular flexibility index (Phi) is 1.81. The molecule has 0 amide bonds. The van der Waals surface area contributed by atoms with Crippen LogP contribution in [0, 0.1) is 0 Å². The van der Waals surface area contributed by atoms with Crippen molar-refractivity contribution in [3.8, 4) is 0 Å². The van der Waals surface area contributed by atoms with E-state index in [1.165, 1.54) is 0 Å². The molecule has 0 bridgehead atoms. The van der Waals surface area contributed by atoms with Gasteiger partial charge in [0.1, 0.15) is 0 Å². The molecule has 13 heavy (non-hydrogen) atoms. The SMILES string of the molecule is O=C(O)c1n[nH]c2c1C(O)CCC2. The van der Waals surface area contributed by atoms with Crippen LogP contribution in [0.1, 0.15) is 40.7 Å². The predicted molar refractivity (Wildman–Crippen MR) is 43.4 cm³/mol. The van der Waals surface area contributed by atoms with Gasteiger partial charge in [0.05, 0.1) is 6.10 Å². The number of aromatic carboxylic acids is 1. The average Bonchev–Trinajstić information content (AvgIpc) is 2.49. The molecule has 0 radical (unpaired) electrons. The summed E-state index contributed by atoms with van der Waals surface area (Å²) in [5, 5.41) is 24.6. The van der Waals surface area contributed by atoms with Crippen LogP contribution >= 0.6 is 0 Å². The fraction of sp³-hybridized carbons (Fsp3) is 0.500. The molecule has 0 spiro atoms. The summed E-state index contributed by atoms with van der Waals surface area (Å²) in [5.41, 5.74) is 1.19. The standard InChI is InChI=1S/C8H10N2O3/c11-5-3-1-2-4-6(5)7(8(12)13)10-9-4/h5,11H,1-3H2,(H,9,10)(H,12,13). The molecule has 0 aromatic carbocycles. The number of H-pyrrole nitrogens is 1. The number of rotatable bonds is 1. The lowest BCUT2D eigenvalue weighted by Gasteiger charge is -2.16. The third-order valence-electron chi connectivity index (χ3n) is 2.32. The van der Waals surface area contributed by atoms with Crippen molar-refractivity contribution >= 4 is 5.97 Å². The monoisotopic (exact) mass is 182 g/mol. The minimum Gasteiger partial charge on any atom is -0.476 e. The first kappa shape index (κ1) is 8.25. The van der Waals surface area contributed by atoms with Crippen LogP contribution in [-0.4, -0.2) is 26.4 Å². The van der Waals surface area contributed by atoms with Gasteiger partial charge in [-0.2, -0.15) is 5.10 Å². The number of aliphatic hydroxyl groups is 1. The maximum atomic E-state index is 10.7. The topological polar surface area (TPSA) is 86.2 Å². The van der Waals surface area contributed by atoms with Gasteiger partial charge in [0, 0.05) is 11.3 Å². The van der Waals surface area contributed by atoms with Gasteiger partial charge in [0.15, 0.2) is 5.69 Å². The van der Waals surface area contributed by atoms with Gasteiger partial charge < -0.3 is 10.2 Å². The molecular formula is C8H10N2O3. The number of nitrogens with zero attached hydrogens (tertiary/aromatic N) is 1. The molecule has 3 N–H and O–H groups in total. The third kappa shape index (κ3) is 1.21. The number of hydrogen-bond donors (Lipinski definition) is 3. The third-order valence-corrected chi connectivity index (χ3v) is 2.32. The summed E-state index contributed by atoms with van der Waals surface area (Å²) in [6, 6.07) is 0. The summed E-state index contributed by atoms with van der Waals surface area (Å²) in [6.45, 7) is 0. The Morgan fingerprint density at radius 2 is 2.38 bits per heavy atom. The first-order valence-electron chi connectivity index (χ1n) is 4.18. The van der Waals surface area contributed by atoms with Gasteiger partial charge in [-0.15, -0.1) is 0 Å². The molecule has 0 saturated carbocycles. The molecule has 0 aliphatic heterocycles. The van der Waals surface area contributed by atoms with E-state index >= 15 is 0 Å². The Bertz CT molecular complexity index is 345. The van der Waals surface area contributed by atoms with Gasteiger partial charge in [-0.25, -0.2) is 4.79 Å². The summed E-state index contributed by atoms with van der Waals surface area (Å²) >= 11 is 0. The molecule has 0 saturated heterocycles. The van der Waals surface area contributed by atoms with E-state index in [-0.39, 0.29) is 5.69 Å². The zero-order valence-corrected chi connectivity index (χ0v) is 6.95. The van der Waals surface area contributed by atoms with E-state index in [0.717, 1.165) is 18.5 Å². The summed E-state index contributed by atoms with van der Waals surface area (Å²) in [7, 11) is 0. The van der Waals surface area contributed by atoms with E-state index in [1.54, 1.807) is 0 Å². The molecule has 5 heteroatoms. The number of carboxylic acid groups (broad SMARTS) is 1. The smallest absolute Gasteiger partial charge is 0.356 e. The minimum absolute atomic E-state index is 0.0396. The Morgan fingerprint density at radius 3 is 3.08 bits per heavy atom. The first-order chi connectivity index (χ1) is 6.20. The van der Waals surface area contributed by atoms with Crippen molar-refractivity contribution < 1.29 is 15.0 Å². The van der Waals surface area contributed by atoms with E-state index in [0.29, 0.717) is 12.0 Å². The van der Waals surface area contributed by atoms with E-state index in [9.17, 15) is 9.90 Å². The minimum atomic E-state index is -1.08. The zero-order chi connectivity index (χ0) is 9.42. The largest absolute Gasteiger partial charge is 0.476 e. The number of aliphatic hydroxyl groups excluding tert-OH is 1. The molecule has 2 rings (SSSR count). The average molecular weight is 182 g/mol. The summed E-state index contributed by atoms with van der Waals surface area (Å²) < 4.78 is 0. The van der Waals surface area contributed by atoms with Crippen molar-refractivity contribution in [2.45, 2.75) is 25.4 Å². The van der Waals surface area contributed by atoms with Gasteiger partial charge in [-0.1, -0.05) is 0 Å². The lowest BCUT2D eigenvalue weighted by Crippen LogP contribution is -2.11. The first-order valence-corrected chi connectivity index (χ1v) is 4.18. The summed E-state index contributed by atoms with van der Waals surface area (Å²) in [4.78, 5) is 10.7. The van der Waals surface area contributed by atoms with E-state index < -0.39 is 12.1 Å². The number of hydrogen-bond acceptors (Lipinski definition) is 3. The molecule has 1 aliphatic carbocycles. The van der Waals surface area contributed by atoms with Crippen molar-refractivity contribution in [2.75, 3.05) is 0 Å². The van der Waals surface area contributed by atoms with Crippen LogP contribution < -0.4 is 0 Å². The molecule has 1 heterocycles. The van der Waals surface area contributed by atoms with Gasteiger partial charge in [0.2, 0.25) is 0 Å². The number of fused-ring (bicyclic) bond motifs is 1. The van der Waals surface area contributed by atoms with Gasteiger partial charge in [-0.05, 0) is 19.3 Å². The number of nitrogens with one attached hydrogen (secondary N) is 1. The second-order valence-corrected chi connectivity index (χ2v) is 3.18. The Hall–Kier alpha value is -1.36. The lowest BCUT2D eigenvalue weighted by atomic mass is 9.93. The van der Waals surface area contributed by atoms with Crippen LogP contribution in [0.4, 0.5) is 0 Å². The Balaban J connectivity index is 2.50. The number of carbonyl (C=O) groups is 1. The normalized spacial score (nSPS) is 21.2. The highest BCUT2D eigenvalue weighted by Gasteiger charge is 2.27. The second-order valence-electron chi connectivity index (χ2n) is 3.18. The van der Waals surface area contributed by atoms with Gasteiger partial charge in [0.25, 0.3) is 0 Å². The van der Waals surface area contributed by atoms with Crippen LogP contribution in [0.5, 0.6) is 0 Å². The van der Waals surface area contributed by atoms with E-state index in [4.69, 9.17) is 5.11 Å². The maximum absolute atomic E-state index is 10.7. The molecule has 1 aromatic heterocycles. The van der Waals surface area contributed by atoms with E-state index in [1.807, 2.05) is 0 Å².